The molecule has 6 heteroatoms. The SMILES string of the molecule is CCOCCCn1ccnc1N1CCOC(C(C)N)C1. The number of morpholine rings is 1. The third-order valence-corrected chi connectivity index (χ3v) is 3.55. The van der Waals surface area contributed by atoms with Gasteiger partial charge in [-0.25, -0.2) is 4.98 Å². The van der Waals surface area contributed by atoms with E-state index < -0.39 is 0 Å². The van der Waals surface area contributed by atoms with Crippen LogP contribution in [0.15, 0.2) is 12.4 Å². The van der Waals surface area contributed by atoms with Crippen molar-refractivity contribution < 1.29 is 9.47 Å². The Balaban J connectivity index is 1.93. The lowest BCUT2D eigenvalue weighted by Crippen LogP contribution is -2.50. The minimum absolute atomic E-state index is 0.0409. The zero-order valence-electron chi connectivity index (χ0n) is 12.5. The van der Waals surface area contributed by atoms with Gasteiger partial charge in [0.25, 0.3) is 0 Å². The predicted molar refractivity (Wildman–Crippen MR) is 78.9 cm³/mol. The monoisotopic (exact) mass is 282 g/mol. The minimum atomic E-state index is 0.0409. The predicted octanol–water partition coefficient (Wildman–Crippen LogP) is 0.862. The highest BCUT2D eigenvalue weighted by Gasteiger charge is 2.25. The highest BCUT2D eigenvalue weighted by atomic mass is 16.5. The van der Waals surface area contributed by atoms with Crippen LogP contribution in [0.3, 0.4) is 0 Å². The van der Waals surface area contributed by atoms with E-state index in [1.54, 1.807) is 0 Å². The fourth-order valence-electron chi connectivity index (χ4n) is 2.42. The fraction of sp³-hybridized carbons (Fsp3) is 0.786. The van der Waals surface area contributed by atoms with E-state index in [4.69, 9.17) is 15.2 Å². The number of rotatable bonds is 7. The van der Waals surface area contributed by atoms with Crippen molar-refractivity contribution in [2.45, 2.75) is 39.0 Å². The maximum atomic E-state index is 5.94. The van der Waals surface area contributed by atoms with Crippen LogP contribution in [-0.4, -0.2) is 54.6 Å². The Labute approximate surface area is 120 Å². The molecule has 1 fully saturated rings. The Kier molecular flexibility index (Phi) is 5.82. The third kappa shape index (κ3) is 3.94. The standard InChI is InChI=1S/C14H26N4O2/c1-3-19-9-4-6-17-7-5-16-14(17)18-8-10-20-13(11-18)12(2)15/h5,7,12-13H,3-4,6,8-11,15H2,1-2H3. The molecule has 1 aliphatic rings. The summed E-state index contributed by atoms with van der Waals surface area (Å²) in [6.45, 7) is 8.88. The van der Waals surface area contributed by atoms with E-state index in [0.29, 0.717) is 6.61 Å². The molecule has 2 heterocycles. The van der Waals surface area contributed by atoms with Crippen molar-refractivity contribution >= 4 is 5.95 Å². The second kappa shape index (κ2) is 7.61. The van der Waals surface area contributed by atoms with E-state index in [2.05, 4.69) is 14.5 Å². The molecular formula is C14H26N4O2. The Morgan fingerprint density at radius 3 is 3.20 bits per heavy atom. The minimum Gasteiger partial charge on any atom is -0.382 e. The van der Waals surface area contributed by atoms with Gasteiger partial charge < -0.3 is 24.7 Å². The normalized spacial score (nSPS) is 21.1. The molecule has 0 spiro atoms. The Morgan fingerprint density at radius 1 is 1.60 bits per heavy atom. The van der Waals surface area contributed by atoms with Gasteiger partial charge in [-0.05, 0) is 20.3 Å². The van der Waals surface area contributed by atoms with Gasteiger partial charge in [0.2, 0.25) is 5.95 Å². The molecule has 6 nitrogen and oxygen atoms in total. The van der Waals surface area contributed by atoms with Crippen LogP contribution in [0.25, 0.3) is 0 Å². The summed E-state index contributed by atoms with van der Waals surface area (Å²) in [6.07, 6.45) is 4.96. The van der Waals surface area contributed by atoms with Crippen LogP contribution in [0.2, 0.25) is 0 Å². The smallest absolute Gasteiger partial charge is 0.205 e. The number of ether oxygens (including phenoxy) is 2. The van der Waals surface area contributed by atoms with Gasteiger partial charge in [-0.15, -0.1) is 0 Å². The number of hydrogen-bond donors (Lipinski definition) is 1. The molecule has 2 N–H and O–H groups in total. The molecule has 1 aliphatic heterocycles. The number of aryl methyl sites for hydroxylation is 1. The Morgan fingerprint density at radius 2 is 2.45 bits per heavy atom. The van der Waals surface area contributed by atoms with E-state index >= 15 is 0 Å². The average molecular weight is 282 g/mol. The van der Waals surface area contributed by atoms with Gasteiger partial charge in [0.05, 0.1) is 12.7 Å². The molecule has 114 valence electrons. The van der Waals surface area contributed by atoms with Crippen LogP contribution in [0.1, 0.15) is 20.3 Å². The molecule has 0 aliphatic carbocycles. The molecule has 2 rings (SSSR count). The van der Waals surface area contributed by atoms with Crippen molar-refractivity contribution in [2.24, 2.45) is 5.73 Å². The van der Waals surface area contributed by atoms with Crippen LogP contribution in [0, 0.1) is 0 Å². The summed E-state index contributed by atoms with van der Waals surface area (Å²) in [5, 5.41) is 0. The molecule has 0 radical (unpaired) electrons. The van der Waals surface area contributed by atoms with Crippen molar-refractivity contribution in [3.8, 4) is 0 Å². The summed E-state index contributed by atoms with van der Waals surface area (Å²) in [6, 6.07) is 0.0409. The zero-order valence-corrected chi connectivity index (χ0v) is 12.5. The quantitative estimate of drug-likeness (QED) is 0.752. The molecule has 1 aromatic heterocycles. The van der Waals surface area contributed by atoms with E-state index in [-0.39, 0.29) is 12.1 Å². The summed E-state index contributed by atoms with van der Waals surface area (Å²) in [7, 11) is 0. The zero-order chi connectivity index (χ0) is 14.4. The maximum absolute atomic E-state index is 5.94. The highest BCUT2D eigenvalue weighted by molar-refractivity contribution is 5.32. The number of aromatic nitrogens is 2. The first-order valence-electron chi connectivity index (χ1n) is 7.43. The summed E-state index contributed by atoms with van der Waals surface area (Å²) in [4.78, 5) is 6.75. The summed E-state index contributed by atoms with van der Waals surface area (Å²) < 4.78 is 13.3. The first kappa shape index (κ1) is 15.3. The second-order valence-electron chi connectivity index (χ2n) is 5.19. The lowest BCUT2D eigenvalue weighted by molar-refractivity contribution is 0.0268. The molecule has 2 unspecified atom stereocenters. The number of anilines is 1. The lowest BCUT2D eigenvalue weighted by Gasteiger charge is -2.35. The summed E-state index contributed by atoms with van der Waals surface area (Å²) >= 11 is 0. The number of hydrogen-bond acceptors (Lipinski definition) is 5. The molecule has 20 heavy (non-hydrogen) atoms. The molecule has 1 saturated heterocycles. The number of nitrogens with two attached hydrogens (primary N) is 1. The van der Waals surface area contributed by atoms with Crippen molar-refractivity contribution in [1.29, 1.82) is 0 Å². The largest absolute Gasteiger partial charge is 0.382 e. The van der Waals surface area contributed by atoms with Gasteiger partial charge in [0, 0.05) is 51.3 Å². The third-order valence-electron chi connectivity index (χ3n) is 3.55. The molecule has 1 aromatic rings. The molecule has 0 aromatic carbocycles. The van der Waals surface area contributed by atoms with Gasteiger partial charge in [-0.1, -0.05) is 0 Å². The first-order valence-corrected chi connectivity index (χ1v) is 7.43. The highest BCUT2D eigenvalue weighted by Crippen LogP contribution is 2.17. The molecule has 0 bridgehead atoms. The van der Waals surface area contributed by atoms with Crippen LogP contribution in [0.4, 0.5) is 5.95 Å². The number of imidazole rings is 1. The number of nitrogens with zero attached hydrogens (tertiary/aromatic N) is 3. The van der Waals surface area contributed by atoms with Crippen LogP contribution >= 0.6 is 0 Å². The van der Waals surface area contributed by atoms with Gasteiger partial charge in [0.15, 0.2) is 0 Å². The average Bonchev–Trinajstić information content (AvgIpc) is 2.92. The van der Waals surface area contributed by atoms with E-state index in [1.807, 2.05) is 26.2 Å². The first-order chi connectivity index (χ1) is 9.72. The van der Waals surface area contributed by atoms with Crippen molar-refractivity contribution in [1.82, 2.24) is 9.55 Å². The molecule has 0 amide bonds. The van der Waals surface area contributed by atoms with Gasteiger partial charge in [-0.3, -0.25) is 0 Å². The van der Waals surface area contributed by atoms with Crippen molar-refractivity contribution in [3.05, 3.63) is 12.4 Å². The van der Waals surface area contributed by atoms with Gasteiger partial charge >= 0.3 is 0 Å². The second-order valence-corrected chi connectivity index (χ2v) is 5.19. The molecular weight excluding hydrogens is 256 g/mol. The summed E-state index contributed by atoms with van der Waals surface area (Å²) in [5.74, 6) is 1.01. The maximum Gasteiger partial charge on any atom is 0.205 e. The van der Waals surface area contributed by atoms with Crippen LogP contribution in [-0.2, 0) is 16.0 Å². The molecule has 0 saturated carbocycles. The van der Waals surface area contributed by atoms with E-state index in [0.717, 1.165) is 45.2 Å². The van der Waals surface area contributed by atoms with E-state index in [9.17, 15) is 0 Å². The van der Waals surface area contributed by atoms with Crippen molar-refractivity contribution in [2.75, 3.05) is 37.8 Å². The lowest BCUT2D eigenvalue weighted by atomic mass is 10.1. The Bertz CT molecular complexity index is 394. The van der Waals surface area contributed by atoms with Gasteiger partial charge in [0.1, 0.15) is 0 Å². The Hall–Kier alpha value is -1.11. The van der Waals surface area contributed by atoms with E-state index in [1.165, 1.54) is 0 Å². The summed E-state index contributed by atoms with van der Waals surface area (Å²) in [5.41, 5.74) is 5.94. The fourth-order valence-corrected chi connectivity index (χ4v) is 2.42. The van der Waals surface area contributed by atoms with Crippen LogP contribution in [0.5, 0.6) is 0 Å². The topological polar surface area (TPSA) is 65.5 Å². The van der Waals surface area contributed by atoms with Crippen LogP contribution < -0.4 is 10.6 Å². The van der Waals surface area contributed by atoms with Crippen molar-refractivity contribution in [3.63, 3.8) is 0 Å². The molecule has 2 atom stereocenters. The van der Waals surface area contributed by atoms with Gasteiger partial charge in [-0.2, -0.15) is 0 Å².